The number of hydrogen-bond acceptors (Lipinski definition) is 3. The number of pyridine rings is 2. The number of aromatic nitrogens is 2. The molecule has 0 unspecified atom stereocenters. The maximum atomic E-state index is 6.17. The van der Waals surface area contributed by atoms with Crippen molar-refractivity contribution in [2.45, 2.75) is 26.2 Å². The lowest BCUT2D eigenvalue weighted by molar-refractivity contribution is 0.590. The summed E-state index contributed by atoms with van der Waals surface area (Å²) in [4.78, 5) is 8.46. The highest BCUT2D eigenvalue weighted by atomic mass is 16.3. The lowest BCUT2D eigenvalue weighted by Gasteiger charge is -2.19. The molecule has 0 amide bonds. The van der Waals surface area contributed by atoms with E-state index in [1.807, 2.05) is 30.6 Å². The Balaban J connectivity index is 1.81. The minimum Gasteiger partial charge on any atom is -0.455 e. The first kappa shape index (κ1) is 15.6. The molecule has 0 saturated carbocycles. The Hall–Kier alpha value is -2.94. The van der Waals surface area contributed by atoms with E-state index in [1.165, 1.54) is 5.56 Å². The van der Waals surface area contributed by atoms with E-state index in [4.69, 9.17) is 4.42 Å². The molecule has 0 radical (unpaired) electrons. The van der Waals surface area contributed by atoms with Gasteiger partial charge in [-0.3, -0.25) is 9.97 Å². The maximum Gasteiger partial charge on any atom is 0.145 e. The molecule has 0 fully saturated rings. The van der Waals surface area contributed by atoms with Gasteiger partial charge in [-0.25, -0.2) is 0 Å². The van der Waals surface area contributed by atoms with Gasteiger partial charge in [0, 0.05) is 41.3 Å². The molecule has 3 aromatic heterocycles. The van der Waals surface area contributed by atoms with Crippen LogP contribution in [0.3, 0.4) is 0 Å². The van der Waals surface area contributed by atoms with Gasteiger partial charge >= 0.3 is 0 Å². The van der Waals surface area contributed by atoms with Gasteiger partial charge in [-0.1, -0.05) is 45.0 Å². The second-order valence-corrected chi connectivity index (χ2v) is 7.28. The molecular weight excluding hydrogens is 308 g/mol. The molecule has 3 heterocycles. The third kappa shape index (κ3) is 2.93. The van der Waals surface area contributed by atoms with E-state index in [9.17, 15) is 0 Å². The minimum absolute atomic E-state index is 0.141. The van der Waals surface area contributed by atoms with Crippen LogP contribution in [0.15, 0.2) is 71.7 Å². The first-order chi connectivity index (χ1) is 12.0. The van der Waals surface area contributed by atoms with Gasteiger partial charge in [0.25, 0.3) is 0 Å². The number of hydrogen-bond donors (Lipinski definition) is 0. The van der Waals surface area contributed by atoms with E-state index in [0.717, 1.165) is 33.4 Å². The van der Waals surface area contributed by atoms with E-state index in [0.29, 0.717) is 0 Å². The van der Waals surface area contributed by atoms with Crippen LogP contribution in [-0.2, 0) is 5.41 Å². The monoisotopic (exact) mass is 328 g/mol. The van der Waals surface area contributed by atoms with Crippen molar-refractivity contribution in [1.82, 2.24) is 9.97 Å². The molecule has 25 heavy (non-hydrogen) atoms. The van der Waals surface area contributed by atoms with Crippen LogP contribution >= 0.6 is 0 Å². The zero-order chi connectivity index (χ0) is 17.4. The largest absolute Gasteiger partial charge is 0.455 e. The summed E-state index contributed by atoms with van der Waals surface area (Å²) in [6.45, 7) is 6.66. The zero-order valence-electron chi connectivity index (χ0n) is 14.7. The number of rotatable bonds is 2. The average Bonchev–Trinajstić information content (AvgIpc) is 3.06. The van der Waals surface area contributed by atoms with Crippen molar-refractivity contribution in [3.63, 3.8) is 0 Å². The third-order valence-electron chi connectivity index (χ3n) is 4.45. The molecule has 4 rings (SSSR count). The summed E-state index contributed by atoms with van der Waals surface area (Å²) < 4.78 is 6.17. The van der Waals surface area contributed by atoms with Gasteiger partial charge in [0.1, 0.15) is 11.3 Å². The van der Waals surface area contributed by atoms with Gasteiger partial charge in [-0.05, 0) is 34.7 Å². The van der Waals surface area contributed by atoms with E-state index in [1.54, 1.807) is 12.4 Å². The Labute approximate surface area is 147 Å². The summed E-state index contributed by atoms with van der Waals surface area (Å²) in [6.07, 6.45) is 7.25. The predicted octanol–water partition coefficient (Wildman–Crippen LogP) is 5.85. The van der Waals surface area contributed by atoms with Crippen molar-refractivity contribution >= 4 is 11.0 Å². The van der Waals surface area contributed by atoms with Gasteiger partial charge in [-0.15, -0.1) is 0 Å². The molecule has 124 valence electrons. The molecule has 3 nitrogen and oxygen atoms in total. The maximum absolute atomic E-state index is 6.17. The van der Waals surface area contributed by atoms with Crippen molar-refractivity contribution in [2.75, 3.05) is 0 Å². The van der Waals surface area contributed by atoms with Gasteiger partial charge in [0.2, 0.25) is 0 Å². The number of fused-ring (bicyclic) bond motifs is 1. The van der Waals surface area contributed by atoms with Crippen molar-refractivity contribution in [1.29, 1.82) is 0 Å². The Morgan fingerprint density at radius 1 is 0.800 bits per heavy atom. The Morgan fingerprint density at radius 3 is 2.20 bits per heavy atom. The SMILES string of the molecule is CC(C)(C)c1ccc(-c2cncc3cc(-c4ccncc4)oc23)cc1. The molecule has 0 bridgehead atoms. The zero-order valence-corrected chi connectivity index (χ0v) is 14.7. The van der Waals surface area contributed by atoms with E-state index >= 15 is 0 Å². The fourth-order valence-corrected chi connectivity index (χ4v) is 2.98. The minimum atomic E-state index is 0.141. The molecular formula is C22H20N2O. The first-order valence-electron chi connectivity index (χ1n) is 8.41. The molecule has 1 aromatic carbocycles. The van der Waals surface area contributed by atoms with Crippen LogP contribution in [0.25, 0.3) is 33.4 Å². The predicted molar refractivity (Wildman–Crippen MR) is 101 cm³/mol. The molecule has 0 saturated heterocycles. The highest BCUT2D eigenvalue weighted by Gasteiger charge is 2.15. The van der Waals surface area contributed by atoms with Crippen LogP contribution < -0.4 is 0 Å². The lowest BCUT2D eigenvalue weighted by Crippen LogP contribution is -2.10. The Morgan fingerprint density at radius 2 is 1.52 bits per heavy atom. The molecule has 0 aliphatic heterocycles. The quantitative estimate of drug-likeness (QED) is 0.463. The van der Waals surface area contributed by atoms with E-state index < -0.39 is 0 Å². The van der Waals surface area contributed by atoms with Crippen LogP contribution in [0.1, 0.15) is 26.3 Å². The summed E-state index contributed by atoms with van der Waals surface area (Å²) in [6, 6.07) is 14.6. The van der Waals surface area contributed by atoms with E-state index in [2.05, 4.69) is 55.0 Å². The van der Waals surface area contributed by atoms with Gasteiger partial charge < -0.3 is 4.42 Å². The lowest BCUT2D eigenvalue weighted by atomic mass is 9.86. The van der Waals surface area contributed by atoms with Gasteiger partial charge in [0.05, 0.1) is 0 Å². The number of nitrogens with zero attached hydrogens (tertiary/aromatic N) is 2. The van der Waals surface area contributed by atoms with E-state index in [-0.39, 0.29) is 5.41 Å². The Kier molecular flexibility index (Phi) is 3.65. The smallest absolute Gasteiger partial charge is 0.145 e. The van der Waals surface area contributed by atoms with Gasteiger partial charge in [0.15, 0.2) is 0 Å². The Bertz CT molecular complexity index is 1010. The summed E-state index contributed by atoms with van der Waals surface area (Å²) in [5.41, 5.74) is 5.46. The molecule has 0 spiro atoms. The van der Waals surface area contributed by atoms with Crippen molar-refractivity contribution in [3.8, 4) is 22.5 Å². The summed E-state index contributed by atoms with van der Waals surface area (Å²) in [5, 5.41) is 1.00. The first-order valence-corrected chi connectivity index (χ1v) is 8.41. The van der Waals surface area contributed by atoms with Gasteiger partial charge in [-0.2, -0.15) is 0 Å². The summed E-state index contributed by atoms with van der Waals surface area (Å²) >= 11 is 0. The van der Waals surface area contributed by atoms with Crippen LogP contribution in [0, 0.1) is 0 Å². The number of furan rings is 1. The highest BCUT2D eigenvalue weighted by Crippen LogP contribution is 2.34. The van der Waals surface area contributed by atoms with Crippen LogP contribution in [0.2, 0.25) is 0 Å². The standard InChI is InChI=1S/C22H20N2O/c1-22(2,3)18-6-4-15(5-7-18)19-14-24-13-17-12-20(25-21(17)19)16-8-10-23-11-9-16/h4-14H,1-3H3. The molecule has 0 N–H and O–H groups in total. The second-order valence-electron chi connectivity index (χ2n) is 7.28. The topological polar surface area (TPSA) is 38.9 Å². The molecule has 0 aliphatic rings. The van der Waals surface area contributed by atoms with Crippen molar-refractivity contribution in [2.24, 2.45) is 0 Å². The average molecular weight is 328 g/mol. The van der Waals surface area contributed by atoms with Crippen LogP contribution in [0.4, 0.5) is 0 Å². The normalized spacial score (nSPS) is 11.8. The molecule has 4 aromatic rings. The molecule has 0 aliphatic carbocycles. The fourth-order valence-electron chi connectivity index (χ4n) is 2.98. The molecule has 3 heteroatoms. The number of benzene rings is 1. The van der Waals surface area contributed by atoms with Crippen molar-refractivity contribution < 1.29 is 4.42 Å². The fraction of sp³-hybridized carbons (Fsp3) is 0.182. The van der Waals surface area contributed by atoms with Crippen LogP contribution in [-0.4, -0.2) is 9.97 Å². The summed E-state index contributed by atoms with van der Waals surface area (Å²) in [7, 11) is 0. The summed E-state index contributed by atoms with van der Waals surface area (Å²) in [5.74, 6) is 0.831. The molecule has 0 atom stereocenters. The second kappa shape index (κ2) is 5.85. The van der Waals surface area contributed by atoms with Crippen LogP contribution in [0.5, 0.6) is 0 Å². The highest BCUT2D eigenvalue weighted by molar-refractivity contribution is 5.93. The third-order valence-corrected chi connectivity index (χ3v) is 4.45. The van der Waals surface area contributed by atoms with Crippen molar-refractivity contribution in [3.05, 3.63) is 72.8 Å².